The second-order valence-corrected chi connectivity index (χ2v) is 49.4. The third-order valence-corrected chi connectivity index (χ3v) is 28.1. The highest BCUT2D eigenvalue weighted by molar-refractivity contribution is 6.98. The maximum absolute atomic E-state index is 2.73. The molecule has 2 aliphatic carbocycles. The second kappa shape index (κ2) is 13.8. The Kier molecular flexibility index (Phi) is 10.5. The van der Waals surface area contributed by atoms with Crippen LogP contribution in [0.4, 0.5) is 0 Å². The van der Waals surface area contributed by atoms with Gasteiger partial charge < -0.3 is 0 Å². The highest BCUT2D eigenvalue weighted by Crippen LogP contribution is 2.62. The highest BCUT2D eigenvalue weighted by Gasteiger charge is 2.58. The zero-order chi connectivity index (χ0) is 40.9. The smallest absolute Gasteiger partial charge is 0.0699 e. The third-order valence-electron chi connectivity index (χ3n) is 13.0. The average molecular weight is 814 g/mol. The summed E-state index contributed by atoms with van der Waals surface area (Å²) >= 11 is 0. The molecule has 2 aliphatic rings. The monoisotopic (exact) mass is 812 g/mol. The van der Waals surface area contributed by atoms with Gasteiger partial charge in [-0.15, -0.1) is 0 Å². The number of rotatable bonds is 8. The molecule has 0 atom stereocenters. The van der Waals surface area contributed by atoms with Crippen molar-refractivity contribution in [1.29, 1.82) is 0 Å². The molecule has 0 N–H and O–H groups in total. The van der Waals surface area contributed by atoms with Crippen LogP contribution in [-0.4, -0.2) is 40.4 Å². The molecule has 0 fully saturated rings. The Morgan fingerprint density at radius 2 is 0.691 bits per heavy atom. The quantitative estimate of drug-likeness (QED) is 0.156. The Labute approximate surface area is 342 Å². The minimum absolute atomic E-state index is 0.124. The standard InChI is InChI=1S/C50H72Si5/c1-49(2,3)55(50(4,5)6,43-25-35-21-19-23-45(47(35)33-43)37-27-39(51(7,8)9)31-40(28-37)52(10,11)12)44-26-36-22-20-24-46(48(36)34-44)38-29-41(53(13,14)15)32-42(30-38)54(16,17)18/h19-24,27-34H,25-26H2,1-18H3. The van der Waals surface area contributed by atoms with Gasteiger partial charge in [-0.05, 0) is 67.4 Å². The largest absolute Gasteiger partial charge is 0.120 e. The number of benzene rings is 4. The lowest BCUT2D eigenvalue weighted by Gasteiger charge is -2.54. The Bertz CT molecular complexity index is 1980. The first-order valence-electron chi connectivity index (χ1n) is 21.0. The predicted octanol–water partition coefficient (Wildman–Crippen LogP) is 12.9. The lowest BCUT2D eigenvalue weighted by Crippen LogP contribution is -2.56. The van der Waals surface area contributed by atoms with Crippen molar-refractivity contribution < 1.29 is 0 Å². The molecule has 0 nitrogen and oxygen atoms in total. The van der Waals surface area contributed by atoms with Crippen LogP contribution in [0.15, 0.2) is 83.2 Å². The van der Waals surface area contributed by atoms with Crippen LogP contribution in [0.5, 0.6) is 0 Å². The summed E-state index contributed by atoms with van der Waals surface area (Å²) in [6, 6.07) is 29.8. The molecule has 0 heterocycles. The topological polar surface area (TPSA) is 0 Å². The molecule has 5 heteroatoms. The highest BCUT2D eigenvalue weighted by atomic mass is 28.3. The zero-order valence-electron chi connectivity index (χ0n) is 38.0. The molecule has 0 bridgehead atoms. The van der Waals surface area contributed by atoms with Crippen molar-refractivity contribution in [3.05, 3.63) is 105 Å². The van der Waals surface area contributed by atoms with Gasteiger partial charge in [0.2, 0.25) is 0 Å². The van der Waals surface area contributed by atoms with Crippen LogP contribution >= 0.6 is 0 Å². The Hall–Kier alpha value is -2.56. The fraction of sp³-hybridized carbons (Fsp3) is 0.440. The molecule has 0 aromatic heterocycles. The zero-order valence-corrected chi connectivity index (χ0v) is 43.0. The van der Waals surface area contributed by atoms with Gasteiger partial charge in [-0.3, -0.25) is 0 Å². The van der Waals surface area contributed by atoms with Crippen LogP contribution in [0, 0.1) is 0 Å². The van der Waals surface area contributed by atoms with Crippen LogP contribution in [0.25, 0.3) is 34.4 Å². The molecule has 0 radical (unpaired) electrons. The number of allylic oxidation sites excluding steroid dienone is 2. The molecule has 0 saturated heterocycles. The van der Waals surface area contributed by atoms with Gasteiger partial charge in [0.1, 0.15) is 8.07 Å². The Morgan fingerprint density at radius 1 is 0.400 bits per heavy atom. The Balaban J connectivity index is 1.57. The van der Waals surface area contributed by atoms with Crippen LogP contribution in [-0.2, 0) is 12.8 Å². The summed E-state index contributed by atoms with van der Waals surface area (Å²) in [5.74, 6) is 0. The first-order chi connectivity index (χ1) is 25.0. The minimum Gasteiger partial charge on any atom is -0.0699 e. The van der Waals surface area contributed by atoms with E-state index >= 15 is 0 Å². The molecule has 0 aliphatic heterocycles. The average Bonchev–Trinajstić information content (AvgIpc) is 3.66. The lowest BCUT2D eigenvalue weighted by molar-refractivity contribution is 0.622. The first kappa shape index (κ1) is 42.1. The van der Waals surface area contributed by atoms with Crippen LogP contribution < -0.4 is 20.7 Å². The van der Waals surface area contributed by atoms with Crippen molar-refractivity contribution in [3.8, 4) is 22.3 Å². The van der Waals surface area contributed by atoms with Crippen molar-refractivity contribution in [1.82, 2.24) is 0 Å². The van der Waals surface area contributed by atoms with Crippen molar-refractivity contribution >= 4 is 73.3 Å². The first-order valence-corrected chi connectivity index (χ1v) is 37.0. The number of hydrogen-bond donors (Lipinski definition) is 0. The van der Waals surface area contributed by atoms with E-state index in [9.17, 15) is 0 Å². The van der Waals surface area contributed by atoms with E-state index in [1.165, 1.54) is 44.5 Å². The van der Waals surface area contributed by atoms with Gasteiger partial charge in [-0.25, -0.2) is 0 Å². The fourth-order valence-corrected chi connectivity index (χ4v) is 23.4. The van der Waals surface area contributed by atoms with Gasteiger partial charge in [0.15, 0.2) is 0 Å². The van der Waals surface area contributed by atoms with E-state index in [1.54, 1.807) is 31.1 Å². The molecule has 0 saturated carbocycles. The van der Waals surface area contributed by atoms with E-state index in [0.29, 0.717) is 0 Å². The molecule has 0 amide bonds. The van der Waals surface area contributed by atoms with Crippen molar-refractivity contribution in [2.24, 2.45) is 0 Å². The molecule has 4 aromatic rings. The van der Waals surface area contributed by atoms with Gasteiger partial charge in [-0.2, -0.15) is 0 Å². The normalized spacial score (nSPS) is 15.5. The number of fused-ring (bicyclic) bond motifs is 2. The van der Waals surface area contributed by atoms with E-state index in [0.717, 1.165) is 12.8 Å². The van der Waals surface area contributed by atoms with Crippen LogP contribution in [0.1, 0.15) is 63.8 Å². The van der Waals surface area contributed by atoms with E-state index < -0.39 is 40.4 Å². The summed E-state index contributed by atoms with van der Waals surface area (Å²) in [4.78, 5) is 0. The molecule has 55 heavy (non-hydrogen) atoms. The van der Waals surface area contributed by atoms with Gasteiger partial charge in [0.25, 0.3) is 0 Å². The second-order valence-electron chi connectivity index (χ2n) is 23.3. The molecular formula is C50H72Si5. The lowest BCUT2D eigenvalue weighted by atomic mass is 9.97. The Morgan fingerprint density at radius 3 is 0.945 bits per heavy atom. The summed E-state index contributed by atoms with van der Waals surface area (Å²) in [5.41, 5.74) is 11.7. The third kappa shape index (κ3) is 7.74. The molecule has 6 rings (SSSR count). The molecule has 0 unspecified atom stereocenters. The summed E-state index contributed by atoms with van der Waals surface area (Å²) in [7, 11) is -8.47. The van der Waals surface area contributed by atoms with Gasteiger partial charge in [0, 0.05) is 0 Å². The van der Waals surface area contributed by atoms with E-state index in [4.69, 9.17) is 0 Å². The summed E-state index contributed by atoms with van der Waals surface area (Å²) < 4.78 is 0. The van der Waals surface area contributed by atoms with Crippen LogP contribution in [0.3, 0.4) is 0 Å². The van der Waals surface area contributed by atoms with Crippen molar-refractivity contribution in [3.63, 3.8) is 0 Å². The molecule has 292 valence electrons. The maximum Gasteiger partial charge on any atom is 0.120 e. The van der Waals surface area contributed by atoms with Gasteiger partial charge in [0.05, 0.1) is 32.3 Å². The van der Waals surface area contributed by atoms with Crippen molar-refractivity contribution in [2.75, 3.05) is 0 Å². The summed E-state index contributed by atoms with van der Waals surface area (Å²) in [6.07, 6.45) is 7.59. The maximum atomic E-state index is 2.73. The van der Waals surface area contributed by atoms with Crippen molar-refractivity contribution in [2.45, 2.75) is 143 Å². The molecule has 4 aromatic carbocycles. The minimum atomic E-state index is -2.39. The van der Waals surface area contributed by atoms with Gasteiger partial charge >= 0.3 is 0 Å². The predicted molar refractivity (Wildman–Crippen MR) is 264 cm³/mol. The van der Waals surface area contributed by atoms with E-state index in [1.807, 2.05) is 0 Å². The molecule has 0 spiro atoms. The fourth-order valence-electron chi connectivity index (χ4n) is 10.3. The number of hydrogen-bond acceptors (Lipinski definition) is 0. The van der Waals surface area contributed by atoms with Crippen LogP contribution in [0.2, 0.25) is 88.6 Å². The molecular weight excluding hydrogens is 741 g/mol. The van der Waals surface area contributed by atoms with E-state index in [-0.39, 0.29) is 10.1 Å². The van der Waals surface area contributed by atoms with Gasteiger partial charge in [-0.1, -0.05) is 236 Å². The SMILES string of the molecule is CC(C)(C)[Si](C1=Cc2c(cccc2-c2cc([Si](C)(C)C)cc([Si](C)(C)C)c2)C1)(C1=Cc2c(cccc2-c2cc([Si](C)(C)C)cc([Si](C)(C)C)c2)C1)C(C)(C)C. The van der Waals surface area contributed by atoms with E-state index in [2.05, 4.69) is 205 Å². The summed E-state index contributed by atoms with van der Waals surface area (Å²) in [5, 5.41) is 10.1. The summed E-state index contributed by atoms with van der Waals surface area (Å²) in [6.45, 7) is 45.6.